The van der Waals surface area contributed by atoms with Crippen molar-refractivity contribution in [2.45, 2.75) is 28.8 Å². The first-order valence-corrected chi connectivity index (χ1v) is 10.9. The summed E-state index contributed by atoms with van der Waals surface area (Å²) in [5.74, 6) is 1.13. The lowest BCUT2D eigenvalue weighted by Crippen LogP contribution is -2.13. The maximum Gasteiger partial charge on any atom is 0.236 e. The lowest BCUT2D eigenvalue weighted by molar-refractivity contribution is -0.113. The van der Waals surface area contributed by atoms with Crippen molar-refractivity contribution in [1.29, 1.82) is 0 Å². The molecular weight excluding hydrogens is 382 g/mol. The van der Waals surface area contributed by atoms with Crippen molar-refractivity contribution in [3.05, 3.63) is 65.2 Å². The Bertz CT molecular complexity index is 860. The quantitative estimate of drug-likeness (QED) is 0.437. The van der Waals surface area contributed by atoms with E-state index in [0.717, 1.165) is 15.0 Å². The molecular formula is C19H19N3OS3. The van der Waals surface area contributed by atoms with Gasteiger partial charge in [0.25, 0.3) is 0 Å². The molecule has 0 bridgehead atoms. The molecule has 0 spiro atoms. The van der Waals surface area contributed by atoms with Gasteiger partial charge in [-0.3, -0.25) is 10.1 Å². The summed E-state index contributed by atoms with van der Waals surface area (Å²) in [6.45, 7) is 4.21. The van der Waals surface area contributed by atoms with Gasteiger partial charge in [-0.15, -0.1) is 22.0 Å². The Hall–Kier alpha value is -1.83. The molecule has 3 aromatic rings. The fraction of sp³-hybridized carbons (Fsp3) is 0.211. The molecule has 134 valence electrons. The molecule has 0 radical (unpaired) electrons. The summed E-state index contributed by atoms with van der Waals surface area (Å²) in [7, 11) is 0. The molecule has 1 amide bonds. The number of carbonyl (C=O) groups excluding carboxylic acids is 1. The molecule has 0 unspecified atom stereocenters. The van der Waals surface area contributed by atoms with Crippen LogP contribution < -0.4 is 5.32 Å². The number of rotatable bonds is 7. The summed E-state index contributed by atoms with van der Waals surface area (Å²) in [5.41, 5.74) is 3.80. The molecule has 0 fully saturated rings. The van der Waals surface area contributed by atoms with Gasteiger partial charge in [0.2, 0.25) is 11.0 Å². The number of amides is 1. The number of hydrogen-bond donors (Lipinski definition) is 1. The number of nitrogens with one attached hydrogen (secondary N) is 1. The SMILES string of the molecule is Cc1cc(C)cc(CSc2nnc(NC(=O)CSc3ccccc3)s2)c1. The van der Waals surface area contributed by atoms with Crippen molar-refractivity contribution in [3.63, 3.8) is 0 Å². The second-order valence-corrected chi connectivity index (χ2v) is 9.06. The Balaban J connectivity index is 1.48. The van der Waals surface area contributed by atoms with Gasteiger partial charge in [0.05, 0.1) is 5.75 Å². The van der Waals surface area contributed by atoms with Crippen LogP contribution >= 0.6 is 34.9 Å². The minimum atomic E-state index is -0.0686. The molecule has 1 heterocycles. The van der Waals surface area contributed by atoms with Crippen LogP contribution in [0.2, 0.25) is 0 Å². The van der Waals surface area contributed by atoms with Crippen molar-refractivity contribution in [2.24, 2.45) is 0 Å². The average molecular weight is 402 g/mol. The second kappa shape index (κ2) is 9.21. The van der Waals surface area contributed by atoms with E-state index in [1.165, 1.54) is 39.8 Å². The van der Waals surface area contributed by atoms with Gasteiger partial charge in [0.15, 0.2) is 4.34 Å². The molecule has 26 heavy (non-hydrogen) atoms. The molecule has 0 saturated heterocycles. The Kier molecular flexibility index (Phi) is 6.71. The van der Waals surface area contributed by atoms with Gasteiger partial charge in [-0.25, -0.2) is 0 Å². The Morgan fingerprint density at radius 1 is 1.04 bits per heavy atom. The first-order chi connectivity index (χ1) is 12.6. The minimum Gasteiger partial charge on any atom is -0.300 e. The number of anilines is 1. The molecule has 1 aromatic heterocycles. The zero-order valence-corrected chi connectivity index (χ0v) is 17.0. The summed E-state index contributed by atoms with van der Waals surface area (Å²) >= 11 is 4.55. The van der Waals surface area contributed by atoms with Gasteiger partial charge in [0.1, 0.15) is 0 Å². The zero-order valence-electron chi connectivity index (χ0n) is 14.6. The van der Waals surface area contributed by atoms with Crippen molar-refractivity contribution in [3.8, 4) is 0 Å². The van der Waals surface area contributed by atoms with Gasteiger partial charge in [-0.05, 0) is 31.5 Å². The molecule has 0 aliphatic carbocycles. The van der Waals surface area contributed by atoms with Crippen LogP contribution in [0, 0.1) is 13.8 Å². The van der Waals surface area contributed by atoms with E-state index in [1.54, 1.807) is 11.8 Å². The van der Waals surface area contributed by atoms with Crippen molar-refractivity contribution >= 4 is 45.9 Å². The normalized spacial score (nSPS) is 10.7. The number of hydrogen-bond acceptors (Lipinski definition) is 6. The molecule has 0 saturated carbocycles. The molecule has 0 aliphatic heterocycles. The molecule has 0 aliphatic rings. The van der Waals surface area contributed by atoms with E-state index in [1.807, 2.05) is 30.3 Å². The summed E-state index contributed by atoms with van der Waals surface area (Å²) < 4.78 is 0.857. The molecule has 1 N–H and O–H groups in total. The van der Waals surface area contributed by atoms with Crippen LogP contribution in [0.3, 0.4) is 0 Å². The highest BCUT2D eigenvalue weighted by Gasteiger charge is 2.09. The van der Waals surface area contributed by atoms with Gasteiger partial charge < -0.3 is 0 Å². The molecule has 7 heteroatoms. The van der Waals surface area contributed by atoms with Gasteiger partial charge >= 0.3 is 0 Å². The molecule has 2 aromatic carbocycles. The first kappa shape index (κ1) is 18.9. The van der Waals surface area contributed by atoms with E-state index in [9.17, 15) is 4.79 Å². The fourth-order valence-corrected chi connectivity index (χ4v) is 4.85. The third-order valence-corrected chi connectivity index (χ3v) is 6.46. The summed E-state index contributed by atoms with van der Waals surface area (Å²) in [5, 5.41) is 11.6. The summed E-state index contributed by atoms with van der Waals surface area (Å²) in [6, 6.07) is 16.4. The minimum absolute atomic E-state index is 0.0686. The van der Waals surface area contributed by atoms with E-state index in [0.29, 0.717) is 10.9 Å². The number of thioether (sulfide) groups is 2. The third-order valence-electron chi connectivity index (χ3n) is 3.41. The summed E-state index contributed by atoms with van der Waals surface area (Å²) in [6.07, 6.45) is 0. The highest BCUT2D eigenvalue weighted by Crippen LogP contribution is 2.29. The number of aryl methyl sites for hydroxylation is 2. The van der Waals surface area contributed by atoms with Crippen LogP contribution in [0.15, 0.2) is 57.8 Å². The Labute approximate surface area is 165 Å². The number of nitrogens with zero attached hydrogens (tertiary/aromatic N) is 2. The van der Waals surface area contributed by atoms with Crippen molar-refractivity contribution in [1.82, 2.24) is 10.2 Å². The fourth-order valence-electron chi connectivity index (χ4n) is 2.44. The van der Waals surface area contributed by atoms with E-state index >= 15 is 0 Å². The lowest BCUT2D eigenvalue weighted by atomic mass is 10.1. The smallest absolute Gasteiger partial charge is 0.236 e. The van der Waals surface area contributed by atoms with Crippen LogP contribution in [-0.4, -0.2) is 21.9 Å². The highest BCUT2D eigenvalue weighted by molar-refractivity contribution is 8.00. The van der Waals surface area contributed by atoms with Crippen LogP contribution in [0.4, 0.5) is 5.13 Å². The van der Waals surface area contributed by atoms with Crippen LogP contribution in [0.5, 0.6) is 0 Å². The maximum absolute atomic E-state index is 12.0. The van der Waals surface area contributed by atoms with Crippen LogP contribution in [0.1, 0.15) is 16.7 Å². The molecule has 0 atom stereocenters. The van der Waals surface area contributed by atoms with Crippen molar-refractivity contribution in [2.75, 3.05) is 11.1 Å². The highest BCUT2D eigenvalue weighted by atomic mass is 32.2. The predicted octanol–water partition coefficient (Wildman–Crippen LogP) is 5.18. The van der Waals surface area contributed by atoms with Crippen LogP contribution in [0.25, 0.3) is 0 Å². The van der Waals surface area contributed by atoms with Gasteiger partial charge in [-0.1, -0.05) is 70.6 Å². The van der Waals surface area contributed by atoms with E-state index in [-0.39, 0.29) is 5.91 Å². The summed E-state index contributed by atoms with van der Waals surface area (Å²) in [4.78, 5) is 13.1. The van der Waals surface area contributed by atoms with E-state index in [2.05, 4.69) is 47.6 Å². The van der Waals surface area contributed by atoms with Crippen molar-refractivity contribution < 1.29 is 4.79 Å². The predicted molar refractivity (Wildman–Crippen MR) is 111 cm³/mol. The monoisotopic (exact) mass is 401 g/mol. The Morgan fingerprint density at radius 3 is 2.50 bits per heavy atom. The van der Waals surface area contributed by atoms with E-state index in [4.69, 9.17) is 0 Å². The largest absolute Gasteiger partial charge is 0.300 e. The van der Waals surface area contributed by atoms with Crippen LogP contribution in [-0.2, 0) is 10.5 Å². The van der Waals surface area contributed by atoms with Gasteiger partial charge in [0, 0.05) is 10.6 Å². The first-order valence-electron chi connectivity index (χ1n) is 8.10. The topological polar surface area (TPSA) is 54.9 Å². The number of benzene rings is 2. The second-order valence-electron chi connectivity index (χ2n) is 5.81. The molecule has 3 rings (SSSR count). The number of aromatic nitrogens is 2. The van der Waals surface area contributed by atoms with Gasteiger partial charge in [-0.2, -0.15) is 0 Å². The number of carbonyl (C=O) groups is 1. The maximum atomic E-state index is 12.0. The third kappa shape index (κ3) is 5.86. The Morgan fingerprint density at radius 2 is 1.77 bits per heavy atom. The standard InChI is InChI=1S/C19H19N3OS3/c1-13-8-14(2)10-15(9-13)11-25-19-22-21-18(26-19)20-17(23)12-24-16-6-4-3-5-7-16/h3-10H,11-12H2,1-2H3,(H,20,21,23). The zero-order chi connectivity index (χ0) is 18.4. The average Bonchev–Trinajstić information content (AvgIpc) is 3.06. The lowest BCUT2D eigenvalue weighted by Gasteiger charge is -2.03. The molecule has 4 nitrogen and oxygen atoms in total. The van der Waals surface area contributed by atoms with E-state index < -0.39 is 0 Å².